The average Bonchev–Trinajstić information content (AvgIpc) is 2.42. The molecule has 1 rings (SSSR count). The van der Waals surface area contributed by atoms with Gasteiger partial charge in [0.1, 0.15) is 12.3 Å². The number of hydrogen-bond acceptors (Lipinski definition) is 3. The molecule has 0 spiro atoms. The van der Waals surface area contributed by atoms with Gasteiger partial charge in [0.2, 0.25) is 0 Å². The molecule has 0 aromatic carbocycles. The minimum atomic E-state index is -0.334. The summed E-state index contributed by atoms with van der Waals surface area (Å²) in [6.07, 6.45) is 1.74. The lowest BCUT2D eigenvalue weighted by atomic mass is 9.99. The van der Waals surface area contributed by atoms with Crippen molar-refractivity contribution < 1.29 is 9.82 Å². The first kappa shape index (κ1) is 13.8. The van der Waals surface area contributed by atoms with E-state index in [4.69, 9.17) is 0 Å². The lowest BCUT2D eigenvalue weighted by Crippen LogP contribution is -3.08. The van der Waals surface area contributed by atoms with Crippen LogP contribution in [0.15, 0.2) is 16.4 Å². The van der Waals surface area contributed by atoms with Crippen molar-refractivity contribution in [2.45, 2.75) is 33.6 Å². The molecule has 0 aromatic heterocycles. The van der Waals surface area contributed by atoms with Gasteiger partial charge in [-0.25, -0.2) is 0 Å². The second-order valence-electron chi connectivity index (χ2n) is 4.86. The lowest BCUT2D eigenvalue weighted by molar-refractivity contribution is -0.872. The van der Waals surface area contributed by atoms with E-state index in [1.165, 1.54) is 4.90 Å². The predicted molar refractivity (Wildman–Crippen MR) is 67.8 cm³/mol. The van der Waals surface area contributed by atoms with Crippen LogP contribution in [-0.4, -0.2) is 30.8 Å². The summed E-state index contributed by atoms with van der Waals surface area (Å²) in [5, 5.41) is 11.1. The van der Waals surface area contributed by atoms with E-state index in [2.05, 4.69) is 25.9 Å². The van der Waals surface area contributed by atoms with Crippen LogP contribution in [0.3, 0.4) is 0 Å². The van der Waals surface area contributed by atoms with Crippen molar-refractivity contribution in [2.24, 2.45) is 10.9 Å². The van der Waals surface area contributed by atoms with E-state index in [-0.39, 0.29) is 10.7 Å². The van der Waals surface area contributed by atoms with E-state index in [9.17, 15) is 10.1 Å². The first-order chi connectivity index (χ1) is 7.95. The molecule has 1 N–H and O–H groups in total. The Morgan fingerprint density at radius 1 is 1.59 bits per heavy atom. The molecule has 0 radical (unpaired) electrons. The van der Waals surface area contributed by atoms with Gasteiger partial charge in [-0.3, -0.25) is 0 Å². The third-order valence-corrected chi connectivity index (χ3v) is 3.48. The predicted octanol–water partition coefficient (Wildman–Crippen LogP) is 0.900. The van der Waals surface area contributed by atoms with Crippen molar-refractivity contribution in [3.8, 4) is 0 Å². The average molecular weight is 240 g/mol. The zero-order chi connectivity index (χ0) is 13.0. The molecule has 0 amide bonds. The molecule has 2 unspecified atom stereocenters. The molecule has 1 aliphatic rings. The summed E-state index contributed by atoms with van der Waals surface area (Å²) in [6.45, 7) is 7.72. The fraction of sp³-hybridized carbons (Fsp3) is 0.750. The Labute approximate surface area is 102 Å². The summed E-state index contributed by atoms with van der Waals surface area (Å²) in [5.41, 5.74) is 1.76. The highest BCUT2D eigenvalue weighted by molar-refractivity contribution is 5.85. The summed E-state index contributed by atoms with van der Waals surface area (Å²) in [7, 11) is 2.05. The van der Waals surface area contributed by atoms with Crippen LogP contribution in [-0.2, 0) is 0 Å². The third-order valence-electron chi connectivity index (χ3n) is 3.48. The highest BCUT2D eigenvalue weighted by atomic mass is 16.6. The van der Waals surface area contributed by atoms with Gasteiger partial charge in [-0.05, 0) is 36.6 Å². The van der Waals surface area contributed by atoms with E-state index >= 15 is 0 Å². The summed E-state index contributed by atoms with van der Waals surface area (Å²) in [6, 6.07) is 0. The van der Waals surface area contributed by atoms with Gasteiger partial charge < -0.3 is 15.0 Å². The molecular formula is C12H22N3O2+. The number of likely N-dealkylation sites (N-methyl/N-ethyl adjacent to an activating group) is 1. The monoisotopic (exact) mass is 240 g/mol. The van der Waals surface area contributed by atoms with Crippen molar-refractivity contribution >= 4 is 5.71 Å². The van der Waals surface area contributed by atoms with Crippen molar-refractivity contribution in [1.29, 1.82) is 0 Å². The molecule has 1 aliphatic heterocycles. The number of hydrogen-bond donors (Lipinski definition) is 1. The van der Waals surface area contributed by atoms with Gasteiger partial charge in [0.25, 0.3) is 0 Å². The summed E-state index contributed by atoms with van der Waals surface area (Å²) in [5.74, 6) is 0.420. The number of nitro groups is 1. The number of aliphatic imine (C=N–C) groups is 1. The highest BCUT2D eigenvalue weighted by Gasteiger charge is 2.26. The molecule has 0 aromatic rings. The van der Waals surface area contributed by atoms with E-state index in [0.29, 0.717) is 5.92 Å². The van der Waals surface area contributed by atoms with E-state index in [1.807, 2.05) is 6.92 Å². The van der Waals surface area contributed by atoms with Crippen LogP contribution in [0.4, 0.5) is 0 Å². The number of nitrogens with one attached hydrogen (secondary N) is 1. The van der Waals surface area contributed by atoms with Crippen LogP contribution in [0.2, 0.25) is 0 Å². The molecule has 0 saturated carbocycles. The number of rotatable bonds is 4. The fourth-order valence-corrected chi connectivity index (χ4v) is 1.89. The van der Waals surface area contributed by atoms with Crippen molar-refractivity contribution in [3.05, 3.63) is 21.5 Å². The van der Waals surface area contributed by atoms with E-state index in [0.717, 1.165) is 37.2 Å². The van der Waals surface area contributed by atoms with Crippen molar-refractivity contribution in [3.63, 3.8) is 0 Å². The van der Waals surface area contributed by atoms with Crippen LogP contribution in [0.25, 0.3) is 0 Å². The molecule has 5 heteroatoms. The Kier molecular flexibility index (Phi) is 4.81. The maximum Gasteiger partial charge on any atom is 0.368 e. The molecule has 5 nitrogen and oxygen atoms in total. The van der Waals surface area contributed by atoms with Crippen LogP contribution in [0, 0.1) is 16.0 Å². The smallest absolute Gasteiger partial charge is 0.358 e. The molecule has 96 valence electrons. The first-order valence-electron chi connectivity index (χ1n) is 6.18. The van der Waals surface area contributed by atoms with E-state index in [1.54, 1.807) is 0 Å². The van der Waals surface area contributed by atoms with E-state index < -0.39 is 0 Å². The zero-order valence-electron chi connectivity index (χ0n) is 11.1. The first-order valence-corrected chi connectivity index (χ1v) is 6.18. The third kappa shape index (κ3) is 3.63. The Hall–Kier alpha value is -1.23. The minimum absolute atomic E-state index is 0.0830. The summed E-state index contributed by atoms with van der Waals surface area (Å²) >= 11 is 0. The standard InChI is InChI=1S/C12H21N3O2/c1-5-14(4)8-11-7-6-9(2)10(3)13-12(11)15(16)17/h9H,5-8H2,1-4H3/p+1. The molecule has 2 atom stereocenters. The lowest BCUT2D eigenvalue weighted by Gasteiger charge is -2.13. The summed E-state index contributed by atoms with van der Waals surface area (Å²) in [4.78, 5) is 16.2. The molecular weight excluding hydrogens is 218 g/mol. The molecule has 0 bridgehead atoms. The maximum absolute atomic E-state index is 11.1. The van der Waals surface area contributed by atoms with Gasteiger partial charge >= 0.3 is 5.82 Å². The molecule has 0 saturated heterocycles. The second-order valence-corrected chi connectivity index (χ2v) is 4.86. The quantitative estimate of drug-likeness (QED) is 0.586. The number of nitrogens with zero attached hydrogens (tertiary/aromatic N) is 2. The molecule has 17 heavy (non-hydrogen) atoms. The van der Waals surface area contributed by atoms with Crippen molar-refractivity contribution in [1.82, 2.24) is 0 Å². The second kappa shape index (κ2) is 5.91. The van der Waals surface area contributed by atoms with Gasteiger partial charge in [0.05, 0.1) is 19.2 Å². The van der Waals surface area contributed by atoms with Crippen LogP contribution >= 0.6 is 0 Å². The maximum atomic E-state index is 11.1. The van der Waals surface area contributed by atoms with Crippen LogP contribution in [0.1, 0.15) is 33.6 Å². The van der Waals surface area contributed by atoms with Gasteiger partial charge in [-0.2, -0.15) is 0 Å². The Morgan fingerprint density at radius 3 is 2.76 bits per heavy atom. The molecule has 1 heterocycles. The van der Waals surface area contributed by atoms with Gasteiger partial charge in [-0.15, -0.1) is 0 Å². The summed E-state index contributed by atoms with van der Waals surface area (Å²) < 4.78 is 0. The Balaban J connectivity index is 3.02. The van der Waals surface area contributed by atoms with Gasteiger partial charge in [-0.1, -0.05) is 6.92 Å². The van der Waals surface area contributed by atoms with Crippen LogP contribution in [0.5, 0.6) is 0 Å². The van der Waals surface area contributed by atoms with Gasteiger partial charge in [0.15, 0.2) is 0 Å². The fourth-order valence-electron chi connectivity index (χ4n) is 1.89. The minimum Gasteiger partial charge on any atom is -0.358 e. The topological polar surface area (TPSA) is 59.9 Å². The Bertz CT molecular complexity index is 361. The normalized spacial score (nSPS) is 23.1. The Morgan fingerprint density at radius 2 is 2.24 bits per heavy atom. The molecule has 0 aliphatic carbocycles. The SMILES string of the molecule is CC[NH+](C)CC1=C([N+](=O)[O-])N=C(C)C(C)CC1. The largest absolute Gasteiger partial charge is 0.368 e. The van der Waals surface area contributed by atoms with Crippen LogP contribution < -0.4 is 4.90 Å². The molecule has 0 fully saturated rings. The van der Waals surface area contributed by atoms with Crippen molar-refractivity contribution in [2.75, 3.05) is 20.1 Å². The highest BCUT2D eigenvalue weighted by Crippen LogP contribution is 2.22. The van der Waals surface area contributed by atoms with Gasteiger partial charge in [0, 0.05) is 5.92 Å². The zero-order valence-corrected chi connectivity index (χ0v) is 11.1. The number of quaternary nitrogens is 1.